The molecule has 4 nitrogen and oxygen atoms in total. The Bertz CT molecular complexity index is 4090. The van der Waals surface area contributed by atoms with Gasteiger partial charge in [-0.25, -0.2) is 0 Å². The summed E-state index contributed by atoms with van der Waals surface area (Å²) in [7, 11) is 0. The molecule has 0 radical (unpaired) electrons. The summed E-state index contributed by atoms with van der Waals surface area (Å²) in [6.45, 7) is 9.78. The van der Waals surface area contributed by atoms with Crippen LogP contribution in [-0.2, 0) is 10.8 Å². The second-order valence-electron chi connectivity index (χ2n) is 25.4. The van der Waals surface area contributed by atoms with E-state index >= 15 is 0 Å². The monoisotopic (exact) mass is 1210 g/mol. The summed E-state index contributed by atoms with van der Waals surface area (Å²) in [4.78, 5) is 9.35. The van der Waals surface area contributed by atoms with Crippen LogP contribution in [0.25, 0.3) is 44.5 Å². The minimum Gasteiger partial charge on any atom is -0.311 e. The smallest absolute Gasteiger partial charge is 0.0462 e. The van der Waals surface area contributed by atoms with Gasteiger partial charge in [0.05, 0.1) is 0 Å². The first-order chi connectivity index (χ1) is 46.2. The fourth-order valence-corrected chi connectivity index (χ4v) is 14.1. The van der Waals surface area contributed by atoms with Gasteiger partial charge in [-0.3, -0.25) is 0 Å². The molecule has 0 aromatic heterocycles. The van der Waals surface area contributed by atoms with Crippen LogP contribution in [0, 0.1) is 0 Å². The maximum atomic E-state index is 2.54. The normalized spacial score (nSPS) is 12.6. The minimum atomic E-state index is -0.430. The van der Waals surface area contributed by atoms with Gasteiger partial charge in [0.1, 0.15) is 0 Å². The van der Waals surface area contributed by atoms with E-state index in [4.69, 9.17) is 0 Å². The van der Waals surface area contributed by atoms with E-state index < -0.39 is 10.8 Å². The van der Waals surface area contributed by atoms with Crippen molar-refractivity contribution in [3.05, 3.63) is 386 Å². The van der Waals surface area contributed by atoms with Crippen molar-refractivity contribution in [2.75, 3.05) is 19.6 Å². The first kappa shape index (κ1) is 58.6. The van der Waals surface area contributed by atoms with Crippen molar-refractivity contribution in [1.82, 2.24) is 0 Å². The van der Waals surface area contributed by atoms with Crippen LogP contribution in [0.15, 0.2) is 364 Å². The van der Waals surface area contributed by atoms with E-state index in [-0.39, 0.29) is 0 Å². The van der Waals surface area contributed by atoms with Gasteiger partial charge in [-0.05, 0) is 237 Å². The van der Waals surface area contributed by atoms with Crippen molar-refractivity contribution in [3.8, 4) is 44.5 Å². The standard InChI is InChI=1S/C90H72N4/c1-89(2)85-61-81(65-45-53-77(54-46-65)91(69-29-13-5-14-30-69)70-31-15-6-16-32-70)83(67-49-57-79(58-50-67)93(73-37-21-9-22-38-73)74-39-23-10-24-40-74)63-87(85)90(3,4)88-64-84(68-51-59-80(60-52-68)94(75-41-25-11-26-42-75)76-43-27-12-28-44-76)82(62-86(88)89)66-47-55-78(56-48-66)92(71-33-17-7-18-34-71)72-35-19-8-20-36-72/h5-64H,1-4H3. The molecule has 0 fully saturated rings. The Balaban J connectivity index is 0.901. The summed E-state index contributed by atoms with van der Waals surface area (Å²) in [6, 6.07) is 132. The number of benzene rings is 14. The summed E-state index contributed by atoms with van der Waals surface area (Å²) in [5, 5.41) is 0. The van der Waals surface area contributed by atoms with Crippen molar-refractivity contribution in [2.24, 2.45) is 0 Å². The largest absolute Gasteiger partial charge is 0.311 e. The molecule has 1 aliphatic rings. The van der Waals surface area contributed by atoms with Gasteiger partial charge in [0.2, 0.25) is 0 Å². The van der Waals surface area contributed by atoms with Crippen LogP contribution in [0.5, 0.6) is 0 Å². The number of hydrogen-bond acceptors (Lipinski definition) is 4. The highest BCUT2D eigenvalue weighted by Gasteiger charge is 2.43. The van der Waals surface area contributed by atoms with E-state index in [1.165, 1.54) is 44.5 Å². The molecule has 15 rings (SSSR count). The van der Waals surface area contributed by atoms with Gasteiger partial charge < -0.3 is 19.6 Å². The van der Waals surface area contributed by atoms with Gasteiger partial charge in [0.25, 0.3) is 0 Å². The Hall–Kier alpha value is -11.7. The first-order valence-electron chi connectivity index (χ1n) is 32.6. The molecule has 0 atom stereocenters. The van der Waals surface area contributed by atoms with E-state index in [2.05, 4.69) is 411 Å². The van der Waals surface area contributed by atoms with Crippen molar-refractivity contribution in [2.45, 2.75) is 38.5 Å². The van der Waals surface area contributed by atoms with E-state index in [0.29, 0.717) is 0 Å². The summed E-state index contributed by atoms with van der Waals surface area (Å²) >= 11 is 0. The molecule has 452 valence electrons. The van der Waals surface area contributed by atoms with Crippen LogP contribution in [0.2, 0.25) is 0 Å². The lowest BCUT2D eigenvalue weighted by Gasteiger charge is -2.45. The highest BCUT2D eigenvalue weighted by molar-refractivity contribution is 5.92. The molecule has 14 aromatic rings. The van der Waals surface area contributed by atoms with Gasteiger partial charge in [-0.2, -0.15) is 0 Å². The van der Waals surface area contributed by atoms with Crippen LogP contribution in [0.1, 0.15) is 49.9 Å². The fraction of sp³-hybridized carbons (Fsp3) is 0.0667. The number of hydrogen-bond donors (Lipinski definition) is 0. The van der Waals surface area contributed by atoms with Crippen LogP contribution >= 0.6 is 0 Å². The molecule has 0 spiro atoms. The fourth-order valence-electron chi connectivity index (χ4n) is 14.1. The average molecular weight is 1210 g/mol. The Labute approximate surface area is 553 Å². The molecule has 14 aromatic carbocycles. The SMILES string of the molecule is CC1(C)c2cc(-c3ccc(N(c4ccccc4)c4ccccc4)cc3)c(-c3ccc(N(c4ccccc4)c4ccccc4)cc3)cc2C(C)(C)c2cc(-c3ccc(N(c4ccccc4)c4ccccc4)cc3)c(-c3ccc(N(c4ccccc4)c4ccccc4)cc3)cc21. The number of para-hydroxylation sites is 8. The van der Waals surface area contributed by atoms with Gasteiger partial charge >= 0.3 is 0 Å². The molecule has 0 N–H and O–H groups in total. The molecule has 0 aliphatic heterocycles. The molecule has 0 heterocycles. The topological polar surface area (TPSA) is 13.0 Å². The highest BCUT2D eigenvalue weighted by atomic mass is 15.2. The van der Waals surface area contributed by atoms with Crippen molar-refractivity contribution < 1.29 is 0 Å². The molecular formula is C90H72N4. The van der Waals surface area contributed by atoms with Gasteiger partial charge in [0, 0.05) is 79.1 Å². The molecule has 4 heteroatoms. The second-order valence-corrected chi connectivity index (χ2v) is 25.4. The lowest BCUT2D eigenvalue weighted by molar-refractivity contribution is 0.521. The molecule has 0 saturated carbocycles. The van der Waals surface area contributed by atoms with Crippen LogP contribution in [0.3, 0.4) is 0 Å². The van der Waals surface area contributed by atoms with Crippen LogP contribution in [-0.4, -0.2) is 0 Å². The zero-order chi connectivity index (χ0) is 63.6. The predicted molar refractivity (Wildman–Crippen MR) is 398 cm³/mol. The predicted octanol–water partition coefficient (Wildman–Crippen LogP) is 25.2. The molecule has 0 amide bonds. The quantitative estimate of drug-likeness (QED) is 0.0956. The third-order valence-corrected chi connectivity index (χ3v) is 18.9. The lowest BCUT2D eigenvalue weighted by Crippen LogP contribution is -2.37. The van der Waals surface area contributed by atoms with Crippen molar-refractivity contribution in [1.29, 1.82) is 0 Å². The first-order valence-corrected chi connectivity index (χ1v) is 32.6. The lowest BCUT2D eigenvalue weighted by atomic mass is 9.58. The second kappa shape index (κ2) is 25.2. The summed E-state index contributed by atoms with van der Waals surface area (Å²) < 4.78 is 0. The number of fused-ring (bicyclic) bond motifs is 2. The Kier molecular flexibility index (Phi) is 15.7. The van der Waals surface area contributed by atoms with Crippen molar-refractivity contribution >= 4 is 68.2 Å². The molecule has 0 unspecified atom stereocenters. The van der Waals surface area contributed by atoms with E-state index in [1.807, 2.05) is 0 Å². The molecule has 1 aliphatic carbocycles. The summed E-state index contributed by atoms with van der Waals surface area (Å²) in [5.41, 5.74) is 27.0. The number of nitrogens with zero attached hydrogens (tertiary/aromatic N) is 4. The molecule has 94 heavy (non-hydrogen) atoms. The molecule has 0 saturated heterocycles. The number of rotatable bonds is 16. The zero-order valence-electron chi connectivity index (χ0n) is 53.4. The van der Waals surface area contributed by atoms with E-state index in [1.54, 1.807) is 0 Å². The Morgan fingerprint density at radius 2 is 0.287 bits per heavy atom. The van der Waals surface area contributed by atoms with Gasteiger partial charge in [-0.15, -0.1) is 0 Å². The third kappa shape index (κ3) is 11.2. The Morgan fingerprint density at radius 1 is 0.160 bits per heavy atom. The van der Waals surface area contributed by atoms with Gasteiger partial charge in [-0.1, -0.05) is 222 Å². The highest BCUT2D eigenvalue weighted by Crippen LogP contribution is 2.55. The summed E-state index contributed by atoms with van der Waals surface area (Å²) in [6.07, 6.45) is 0. The summed E-state index contributed by atoms with van der Waals surface area (Å²) in [5.74, 6) is 0. The number of anilines is 12. The maximum Gasteiger partial charge on any atom is 0.0462 e. The maximum absolute atomic E-state index is 2.54. The average Bonchev–Trinajstić information content (AvgIpc) is 0.702. The van der Waals surface area contributed by atoms with Crippen LogP contribution < -0.4 is 19.6 Å². The van der Waals surface area contributed by atoms with Gasteiger partial charge in [0.15, 0.2) is 0 Å². The Morgan fingerprint density at radius 3 is 0.426 bits per heavy atom. The zero-order valence-corrected chi connectivity index (χ0v) is 53.4. The minimum absolute atomic E-state index is 0.430. The molecular weight excluding hydrogens is 1140 g/mol. The van der Waals surface area contributed by atoms with E-state index in [9.17, 15) is 0 Å². The van der Waals surface area contributed by atoms with E-state index in [0.717, 1.165) is 90.5 Å². The van der Waals surface area contributed by atoms with Crippen molar-refractivity contribution in [3.63, 3.8) is 0 Å². The molecule has 0 bridgehead atoms. The van der Waals surface area contributed by atoms with Crippen LogP contribution in [0.4, 0.5) is 68.2 Å². The third-order valence-electron chi connectivity index (χ3n) is 18.9.